The molecular weight excluding hydrogens is 386 g/mol. The highest BCUT2D eigenvalue weighted by atomic mass is 16.7. The van der Waals surface area contributed by atoms with Crippen LogP contribution in [0.15, 0.2) is 23.8 Å². The summed E-state index contributed by atoms with van der Waals surface area (Å²) in [4.78, 5) is 12.4. The maximum Gasteiger partial charge on any atom is 0.244 e. The molecule has 0 aromatic heterocycles. The number of epoxide rings is 2. The minimum atomic E-state index is -1.12. The number of aliphatic hydroxyl groups excluding tert-OH is 2. The third kappa shape index (κ3) is 4.36. The van der Waals surface area contributed by atoms with E-state index < -0.39 is 24.0 Å². The molecule has 0 bridgehead atoms. The normalized spacial score (nSPS) is 42.8. The zero-order valence-corrected chi connectivity index (χ0v) is 18.1. The molecule has 7 nitrogen and oxygen atoms in total. The molecule has 1 amide bonds. The lowest BCUT2D eigenvalue weighted by Gasteiger charge is -2.28. The number of nitrogens with one attached hydrogen (secondary N) is 1. The summed E-state index contributed by atoms with van der Waals surface area (Å²) in [5.74, 6) is 0.222. The number of unbranched alkanes of at least 4 members (excludes halogenated alkanes) is 3. The summed E-state index contributed by atoms with van der Waals surface area (Å²) in [7, 11) is 0. The van der Waals surface area contributed by atoms with E-state index >= 15 is 0 Å². The van der Waals surface area contributed by atoms with Crippen LogP contribution in [0, 0.1) is 5.92 Å². The van der Waals surface area contributed by atoms with Gasteiger partial charge in [-0.1, -0.05) is 57.3 Å². The van der Waals surface area contributed by atoms with E-state index in [1.54, 1.807) is 0 Å². The first kappa shape index (κ1) is 22.0. The SMILES string of the molecule is CCCCCC[C@H](C)/C=C(C)/C=C\C(=O)N[C@@H]1CC2(O[C@H]1O)[C@@H]1O[C@@H]1C(O)[C@@H]1O[C@@H]12. The molecule has 1 saturated carbocycles. The zero-order valence-electron chi connectivity index (χ0n) is 18.1. The molecule has 7 heteroatoms. The van der Waals surface area contributed by atoms with Gasteiger partial charge in [0.15, 0.2) is 6.29 Å². The predicted octanol–water partition coefficient (Wildman–Crippen LogP) is 1.97. The summed E-state index contributed by atoms with van der Waals surface area (Å²) in [5.41, 5.74) is 0.274. The van der Waals surface area contributed by atoms with Gasteiger partial charge in [0.25, 0.3) is 0 Å². The summed E-state index contributed by atoms with van der Waals surface area (Å²) in [6.45, 7) is 6.42. The number of ether oxygens (including phenoxy) is 3. The van der Waals surface area contributed by atoms with Gasteiger partial charge in [0.2, 0.25) is 5.91 Å². The van der Waals surface area contributed by atoms with Gasteiger partial charge >= 0.3 is 0 Å². The number of hydrogen-bond donors (Lipinski definition) is 3. The van der Waals surface area contributed by atoms with Crippen LogP contribution in [-0.2, 0) is 19.0 Å². The Morgan fingerprint density at radius 2 is 1.87 bits per heavy atom. The summed E-state index contributed by atoms with van der Waals surface area (Å²) in [5, 5.41) is 23.3. The first-order valence-corrected chi connectivity index (χ1v) is 11.4. The Hall–Kier alpha value is -1.25. The topological polar surface area (TPSA) is 104 Å². The van der Waals surface area contributed by atoms with Crippen LogP contribution in [0.1, 0.15) is 59.3 Å². The zero-order chi connectivity index (χ0) is 21.5. The molecule has 0 aromatic rings. The first-order valence-electron chi connectivity index (χ1n) is 11.4. The van der Waals surface area contributed by atoms with Gasteiger partial charge in [0.05, 0.1) is 6.04 Å². The van der Waals surface area contributed by atoms with Crippen LogP contribution < -0.4 is 5.32 Å². The van der Waals surface area contributed by atoms with E-state index in [1.165, 1.54) is 31.8 Å². The smallest absolute Gasteiger partial charge is 0.244 e. The number of aliphatic hydroxyl groups is 2. The van der Waals surface area contributed by atoms with E-state index in [9.17, 15) is 15.0 Å². The fraction of sp³-hybridized carbons (Fsp3) is 0.783. The molecule has 168 valence electrons. The van der Waals surface area contributed by atoms with Gasteiger partial charge in [-0.25, -0.2) is 0 Å². The lowest BCUT2D eigenvalue weighted by Crippen LogP contribution is -2.50. The minimum Gasteiger partial charge on any atom is -0.387 e. The van der Waals surface area contributed by atoms with Crippen molar-refractivity contribution in [2.45, 2.75) is 108 Å². The van der Waals surface area contributed by atoms with Gasteiger partial charge in [-0.3, -0.25) is 4.79 Å². The number of rotatable bonds is 9. The average Bonchev–Trinajstić information content (AvgIpc) is 3.60. The van der Waals surface area contributed by atoms with Crippen molar-refractivity contribution >= 4 is 5.91 Å². The molecule has 3 N–H and O–H groups in total. The van der Waals surface area contributed by atoms with Gasteiger partial charge in [-0.15, -0.1) is 0 Å². The Balaban J connectivity index is 1.26. The summed E-state index contributed by atoms with van der Waals surface area (Å²) >= 11 is 0. The van der Waals surface area contributed by atoms with Crippen molar-refractivity contribution in [3.8, 4) is 0 Å². The summed E-state index contributed by atoms with van der Waals surface area (Å²) in [6.07, 6.45) is 9.20. The second-order valence-electron chi connectivity index (χ2n) is 9.39. The molecule has 0 radical (unpaired) electrons. The molecule has 3 saturated heterocycles. The number of fused-ring (bicyclic) bond motifs is 4. The van der Waals surface area contributed by atoms with Crippen molar-refractivity contribution in [1.29, 1.82) is 0 Å². The molecule has 4 aliphatic rings. The highest BCUT2D eigenvalue weighted by molar-refractivity contribution is 5.88. The Labute approximate surface area is 178 Å². The van der Waals surface area contributed by atoms with Crippen molar-refractivity contribution in [2.75, 3.05) is 0 Å². The lowest BCUT2D eigenvalue weighted by atomic mass is 9.80. The highest BCUT2D eigenvalue weighted by Gasteiger charge is 2.78. The Morgan fingerprint density at radius 1 is 1.17 bits per heavy atom. The maximum absolute atomic E-state index is 12.4. The fourth-order valence-corrected chi connectivity index (χ4v) is 5.11. The van der Waals surface area contributed by atoms with Gasteiger partial charge in [0.1, 0.15) is 36.1 Å². The largest absolute Gasteiger partial charge is 0.387 e. The second-order valence-corrected chi connectivity index (χ2v) is 9.39. The fourth-order valence-electron chi connectivity index (χ4n) is 5.11. The number of hydrogen-bond acceptors (Lipinski definition) is 6. The van der Waals surface area contributed by atoms with Crippen molar-refractivity contribution in [3.63, 3.8) is 0 Å². The standard InChI is InChI=1S/C23H35NO6/c1-4-5-6-7-8-13(2)11-14(3)9-10-16(25)24-15-12-23(30-22(15)27)20-18(28-20)17(26)19-21(23)29-19/h9-11,13,15,17-22,26-27H,4-8,12H2,1-3H3,(H,24,25)/b10-9-,14-11+/t13-,15+,17?,18-,19+,20-,21+,22+,23?/m0/s1. The van der Waals surface area contributed by atoms with Crippen molar-refractivity contribution < 1.29 is 29.2 Å². The van der Waals surface area contributed by atoms with Crippen molar-refractivity contribution in [3.05, 3.63) is 23.8 Å². The molecule has 30 heavy (non-hydrogen) atoms. The molecule has 9 atom stereocenters. The number of allylic oxidation sites excluding steroid dienone is 3. The average molecular weight is 422 g/mol. The third-order valence-electron chi connectivity index (χ3n) is 6.80. The van der Waals surface area contributed by atoms with E-state index in [2.05, 4.69) is 25.2 Å². The second kappa shape index (κ2) is 8.71. The van der Waals surface area contributed by atoms with Crippen LogP contribution in [0.5, 0.6) is 0 Å². The molecule has 4 fully saturated rings. The summed E-state index contributed by atoms with van der Waals surface area (Å²) < 4.78 is 17.0. The molecule has 3 aliphatic heterocycles. The highest BCUT2D eigenvalue weighted by Crippen LogP contribution is 2.58. The van der Waals surface area contributed by atoms with Crippen molar-refractivity contribution in [1.82, 2.24) is 5.32 Å². The molecule has 1 spiro atoms. The minimum absolute atomic E-state index is 0.263. The molecule has 4 rings (SSSR count). The molecule has 0 aromatic carbocycles. The van der Waals surface area contributed by atoms with Gasteiger partial charge < -0.3 is 29.7 Å². The molecular formula is C23H35NO6. The van der Waals surface area contributed by atoms with Gasteiger partial charge in [0, 0.05) is 12.5 Å². The number of carbonyl (C=O) groups excluding carboxylic acids is 1. The van der Waals surface area contributed by atoms with E-state index in [4.69, 9.17) is 14.2 Å². The van der Waals surface area contributed by atoms with Crippen LogP contribution in [0.3, 0.4) is 0 Å². The van der Waals surface area contributed by atoms with Crippen LogP contribution in [0.4, 0.5) is 0 Å². The summed E-state index contributed by atoms with van der Waals surface area (Å²) in [6, 6.07) is -0.533. The van der Waals surface area contributed by atoms with E-state index in [0.29, 0.717) is 12.3 Å². The third-order valence-corrected chi connectivity index (χ3v) is 6.80. The van der Waals surface area contributed by atoms with Crippen LogP contribution in [0.2, 0.25) is 0 Å². The Morgan fingerprint density at radius 3 is 2.53 bits per heavy atom. The van der Waals surface area contributed by atoms with Gasteiger partial charge in [-0.05, 0) is 19.3 Å². The Bertz CT molecular complexity index is 688. The monoisotopic (exact) mass is 421 g/mol. The van der Waals surface area contributed by atoms with E-state index in [1.807, 2.05) is 13.0 Å². The first-order chi connectivity index (χ1) is 14.4. The van der Waals surface area contributed by atoms with E-state index in [0.717, 1.165) is 12.0 Å². The number of amides is 1. The molecule has 3 heterocycles. The maximum atomic E-state index is 12.4. The van der Waals surface area contributed by atoms with Crippen molar-refractivity contribution in [2.24, 2.45) is 5.92 Å². The Kier molecular flexibility index (Phi) is 6.38. The molecule has 2 unspecified atom stereocenters. The lowest BCUT2D eigenvalue weighted by molar-refractivity contribution is -0.160. The van der Waals surface area contributed by atoms with Crippen LogP contribution in [-0.4, -0.2) is 64.6 Å². The predicted molar refractivity (Wildman–Crippen MR) is 111 cm³/mol. The van der Waals surface area contributed by atoms with Gasteiger partial charge in [-0.2, -0.15) is 0 Å². The number of carbonyl (C=O) groups is 1. The van der Waals surface area contributed by atoms with E-state index in [-0.39, 0.29) is 30.3 Å². The molecule has 1 aliphatic carbocycles. The van der Waals surface area contributed by atoms with Crippen LogP contribution >= 0.6 is 0 Å². The van der Waals surface area contributed by atoms with Crippen LogP contribution in [0.25, 0.3) is 0 Å². The quantitative estimate of drug-likeness (QED) is 0.228.